The van der Waals surface area contributed by atoms with Crippen molar-refractivity contribution in [1.82, 2.24) is 0 Å². The third-order valence-corrected chi connectivity index (χ3v) is 1.79. The van der Waals surface area contributed by atoms with Gasteiger partial charge in [0.05, 0.1) is 0 Å². The van der Waals surface area contributed by atoms with E-state index in [0.717, 1.165) is 30.2 Å². The van der Waals surface area contributed by atoms with Crippen molar-refractivity contribution in [3.63, 3.8) is 0 Å². The van der Waals surface area contributed by atoms with Crippen LogP contribution in [0.5, 0.6) is 0 Å². The second-order valence-corrected chi connectivity index (χ2v) is 2.08. The molecule has 21 valence electrons. The van der Waals surface area contributed by atoms with E-state index < -0.39 is 0 Å². The Kier molecular flexibility index (Phi) is 4.77. The first-order valence-corrected chi connectivity index (χ1v) is 5.08. The molecule has 0 aliphatic carbocycles. The molecule has 0 aliphatic rings. The van der Waals surface area contributed by atoms with Crippen LogP contribution in [-0.2, 0) is 30.9 Å². The van der Waals surface area contributed by atoms with Gasteiger partial charge in [0.25, 0.3) is 0 Å². The monoisotopic (exact) mass is 247 g/mol. The van der Waals surface area contributed by atoms with E-state index in [1.54, 1.807) is 7.11 Å². The number of methoxy groups -OCH3 is 1. The van der Waals surface area contributed by atoms with Crippen molar-refractivity contribution in [1.29, 1.82) is 0 Å². The summed E-state index contributed by atoms with van der Waals surface area (Å²) in [4.78, 5) is 0. The quantitative estimate of drug-likeness (QED) is 0.597. The first-order valence-electron chi connectivity index (χ1n) is 1.20. The molecule has 0 aromatic heterocycles. The zero-order valence-corrected chi connectivity index (χ0v) is 8.32. The van der Waals surface area contributed by atoms with Crippen molar-refractivity contribution in [3.05, 3.63) is 0 Å². The summed E-state index contributed by atoms with van der Waals surface area (Å²) in [5.74, 6) is 0. The molecule has 0 fully saturated rings. The van der Waals surface area contributed by atoms with Crippen LogP contribution in [0.2, 0.25) is 0 Å². The predicted octanol–water partition coefficient (Wildman–Crippen LogP) is 0.137. The Morgan fingerprint density at radius 1 is 2.00 bits per heavy atom. The van der Waals surface area contributed by atoms with Crippen LogP contribution in [0.4, 0.5) is 0 Å². The van der Waals surface area contributed by atoms with Crippen LogP contribution in [0.3, 0.4) is 0 Å². The van der Waals surface area contributed by atoms with E-state index in [-0.39, 0.29) is 0 Å². The predicted molar refractivity (Wildman–Crippen MR) is 11.9 cm³/mol. The second-order valence-electron chi connectivity index (χ2n) is 0.493. The molecule has 0 saturated heterocycles. The van der Waals surface area contributed by atoms with Crippen molar-refractivity contribution >= 4 is 0 Å². The SMILES string of the molecule is CO[CH2][Hg]. The molecular weight excluding hydrogens is 241 g/mol. The van der Waals surface area contributed by atoms with Crippen LogP contribution >= 0.6 is 0 Å². The molecule has 0 atom stereocenters. The van der Waals surface area contributed by atoms with E-state index >= 15 is 0 Å². The molecule has 0 heterocycles. The fourth-order valence-corrected chi connectivity index (χ4v) is 0. The zero-order chi connectivity index (χ0) is 3.41. The molecule has 0 bridgehead atoms. The van der Waals surface area contributed by atoms with Crippen LogP contribution in [0, 0.1) is 0 Å². The van der Waals surface area contributed by atoms with Gasteiger partial charge in [0.2, 0.25) is 0 Å². The van der Waals surface area contributed by atoms with E-state index in [1.807, 2.05) is 0 Å². The van der Waals surface area contributed by atoms with E-state index in [0.29, 0.717) is 0 Å². The summed E-state index contributed by atoms with van der Waals surface area (Å²) in [7, 11) is 1.73. The molecule has 2 heteroatoms. The van der Waals surface area contributed by atoms with Gasteiger partial charge in [-0.1, -0.05) is 0 Å². The summed E-state index contributed by atoms with van der Waals surface area (Å²) < 4.78 is 5.64. The zero-order valence-electron chi connectivity index (χ0n) is 2.82. The third-order valence-electron chi connectivity index (χ3n) is 0.204. The Morgan fingerprint density at radius 3 is 2.25 bits per heavy atom. The summed E-state index contributed by atoms with van der Waals surface area (Å²) in [6.45, 7) is 0. The van der Waals surface area contributed by atoms with Gasteiger partial charge in [-0.15, -0.1) is 0 Å². The fraction of sp³-hybridized carbons (Fsp3) is 1.00. The van der Waals surface area contributed by atoms with Crippen LogP contribution < -0.4 is 0 Å². The number of rotatable bonds is 1. The second kappa shape index (κ2) is 3.90. The van der Waals surface area contributed by atoms with E-state index in [4.69, 9.17) is 0 Å². The van der Waals surface area contributed by atoms with Crippen LogP contribution in [0.1, 0.15) is 0 Å². The topological polar surface area (TPSA) is 9.23 Å². The average Bonchev–Trinajstić information content (AvgIpc) is 1.37. The maximum absolute atomic E-state index is 4.63. The van der Waals surface area contributed by atoms with Gasteiger partial charge in [-0.3, -0.25) is 0 Å². The first-order chi connectivity index (χ1) is 1.91. The van der Waals surface area contributed by atoms with Gasteiger partial charge in [0.1, 0.15) is 0 Å². The van der Waals surface area contributed by atoms with Gasteiger partial charge in [0, 0.05) is 0 Å². The molecule has 0 amide bonds. The summed E-state index contributed by atoms with van der Waals surface area (Å²) in [6, 6.07) is 0. The summed E-state index contributed by atoms with van der Waals surface area (Å²) in [5, 5.41) is 0. The van der Waals surface area contributed by atoms with E-state index in [9.17, 15) is 0 Å². The van der Waals surface area contributed by atoms with Gasteiger partial charge in [-0.2, -0.15) is 0 Å². The van der Waals surface area contributed by atoms with Crippen molar-refractivity contribution in [2.75, 3.05) is 11.2 Å². The first kappa shape index (κ1) is 4.90. The Morgan fingerprint density at radius 2 is 2.25 bits per heavy atom. The van der Waals surface area contributed by atoms with Gasteiger partial charge < -0.3 is 0 Å². The Balaban J connectivity index is 1.97. The molecule has 1 nitrogen and oxygen atoms in total. The van der Waals surface area contributed by atoms with Crippen LogP contribution in [0.15, 0.2) is 0 Å². The molecule has 0 spiro atoms. The maximum atomic E-state index is 4.63. The third kappa shape index (κ3) is 2.90. The number of ether oxygens (including phenoxy) is 1. The minimum atomic E-state index is 0.851. The van der Waals surface area contributed by atoms with Crippen molar-refractivity contribution in [3.8, 4) is 0 Å². The van der Waals surface area contributed by atoms with Crippen molar-refractivity contribution in [2.24, 2.45) is 0 Å². The van der Waals surface area contributed by atoms with E-state index in [1.165, 1.54) is 0 Å². The molecule has 4 heavy (non-hydrogen) atoms. The van der Waals surface area contributed by atoms with Gasteiger partial charge in [-0.05, 0) is 0 Å². The van der Waals surface area contributed by atoms with E-state index in [2.05, 4.69) is 4.74 Å². The summed E-state index contributed by atoms with van der Waals surface area (Å²) in [5.41, 5.74) is 0. The van der Waals surface area contributed by atoms with Gasteiger partial charge >= 0.3 is 42.1 Å². The molecule has 0 aromatic carbocycles. The molecule has 0 radical (unpaired) electrons. The standard InChI is InChI=1S/C2H5O.Hg/c1-3-2;/h1H2,2H3;. The number of hydrogen-bond donors (Lipinski definition) is 0. The summed E-state index contributed by atoms with van der Waals surface area (Å²) in [6.07, 6.45) is 0. The molecule has 0 rings (SSSR count). The fourth-order valence-electron chi connectivity index (χ4n) is 0. The average molecular weight is 246 g/mol. The summed E-state index contributed by atoms with van der Waals surface area (Å²) >= 11 is 0.851. The molecule has 0 unspecified atom stereocenters. The normalized spacial score (nSPS) is 7.75. The molecular formula is C2H5HgO. The Hall–Kier alpha value is 0.895. The molecule has 0 aliphatic heterocycles. The minimum absolute atomic E-state index is 0.851. The van der Waals surface area contributed by atoms with Gasteiger partial charge in [-0.25, -0.2) is 0 Å². The van der Waals surface area contributed by atoms with Gasteiger partial charge in [0.15, 0.2) is 0 Å². The molecule has 0 aromatic rings. The van der Waals surface area contributed by atoms with Crippen molar-refractivity contribution < 1.29 is 30.9 Å². The van der Waals surface area contributed by atoms with Crippen LogP contribution in [0.25, 0.3) is 0 Å². The van der Waals surface area contributed by atoms with Crippen LogP contribution in [-0.4, -0.2) is 11.2 Å². The molecule has 0 saturated carbocycles. The Bertz CT molecular complexity index is 8.00. The number of hydrogen-bond acceptors (Lipinski definition) is 1. The van der Waals surface area contributed by atoms with Crippen molar-refractivity contribution in [2.45, 2.75) is 0 Å². The Labute approximate surface area is 42.3 Å². The molecule has 0 N–H and O–H groups in total.